The number of esters is 1. The van der Waals surface area contributed by atoms with Gasteiger partial charge in [0, 0.05) is 11.6 Å². The molecule has 2 rings (SSSR count). The van der Waals surface area contributed by atoms with Crippen LogP contribution in [0, 0.1) is 11.6 Å². The molecule has 1 atom stereocenters. The molecule has 0 radical (unpaired) electrons. The zero-order valence-corrected chi connectivity index (χ0v) is 14.9. The molecule has 7 heteroatoms. The lowest BCUT2D eigenvalue weighted by Gasteiger charge is -2.13. The molecule has 0 fully saturated rings. The van der Waals surface area contributed by atoms with Gasteiger partial charge in [0.05, 0.1) is 6.61 Å². The van der Waals surface area contributed by atoms with E-state index >= 15 is 0 Å². The number of carbonyl (C=O) groups is 2. The fraction of sp³-hybridized carbons (Fsp3) is 0.200. The summed E-state index contributed by atoms with van der Waals surface area (Å²) in [5.74, 6) is -2.87. The van der Waals surface area contributed by atoms with E-state index in [9.17, 15) is 18.4 Å². The lowest BCUT2D eigenvalue weighted by molar-refractivity contribution is -0.148. The number of para-hydroxylation sites is 2. The van der Waals surface area contributed by atoms with Crippen molar-refractivity contribution in [1.82, 2.24) is 0 Å². The van der Waals surface area contributed by atoms with Crippen molar-refractivity contribution < 1.29 is 27.8 Å². The van der Waals surface area contributed by atoms with Crippen LogP contribution < -0.4 is 10.1 Å². The second kappa shape index (κ2) is 9.47. The monoisotopic (exact) mass is 375 g/mol. The minimum atomic E-state index is -1.25. The average Bonchev–Trinajstić information content (AvgIpc) is 2.64. The zero-order valence-electron chi connectivity index (χ0n) is 14.9. The highest BCUT2D eigenvalue weighted by molar-refractivity contribution is 5.96. The Labute approximate surface area is 155 Å². The molecule has 27 heavy (non-hydrogen) atoms. The van der Waals surface area contributed by atoms with E-state index in [2.05, 4.69) is 5.32 Å². The van der Waals surface area contributed by atoms with Gasteiger partial charge in [-0.3, -0.25) is 4.79 Å². The number of nitrogens with one attached hydrogen (secondary N) is 1. The van der Waals surface area contributed by atoms with Crippen LogP contribution in [0.3, 0.4) is 0 Å². The number of halogens is 2. The molecule has 5 nitrogen and oxygen atoms in total. The SMILES string of the molecule is CCOc1ccccc1/C=C/C(=O)O[C@@H](C)C(=O)Nc1c(F)cccc1F. The zero-order chi connectivity index (χ0) is 19.8. The molecule has 0 aliphatic rings. The fourth-order valence-electron chi connectivity index (χ4n) is 2.17. The fourth-order valence-corrected chi connectivity index (χ4v) is 2.17. The molecule has 1 N–H and O–H groups in total. The molecule has 0 saturated heterocycles. The largest absolute Gasteiger partial charge is 0.493 e. The van der Waals surface area contributed by atoms with Crippen molar-refractivity contribution in [3.63, 3.8) is 0 Å². The van der Waals surface area contributed by atoms with Crippen molar-refractivity contribution >= 4 is 23.6 Å². The van der Waals surface area contributed by atoms with Gasteiger partial charge in [0.15, 0.2) is 6.10 Å². The van der Waals surface area contributed by atoms with E-state index in [1.54, 1.807) is 24.3 Å². The van der Waals surface area contributed by atoms with Crippen LogP contribution in [-0.2, 0) is 14.3 Å². The highest BCUT2D eigenvalue weighted by Crippen LogP contribution is 2.20. The van der Waals surface area contributed by atoms with E-state index in [-0.39, 0.29) is 0 Å². The van der Waals surface area contributed by atoms with E-state index in [1.807, 2.05) is 6.92 Å². The molecule has 0 aromatic heterocycles. The topological polar surface area (TPSA) is 64.6 Å². The average molecular weight is 375 g/mol. The van der Waals surface area contributed by atoms with Gasteiger partial charge < -0.3 is 14.8 Å². The van der Waals surface area contributed by atoms with Crippen molar-refractivity contribution in [2.75, 3.05) is 11.9 Å². The van der Waals surface area contributed by atoms with Crippen LogP contribution >= 0.6 is 0 Å². The van der Waals surface area contributed by atoms with Gasteiger partial charge >= 0.3 is 5.97 Å². The maximum Gasteiger partial charge on any atom is 0.331 e. The van der Waals surface area contributed by atoms with E-state index in [0.29, 0.717) is 17.9 Å². The number of carbonyl (C=O) groups excluding carboxylic acids is 2. The van der Waals surface area contributed by atoms with E-state index < -0.39 is 35.3 Å². The van der Waals surface area contributed by atoms with Crippen molar-refractivity contribution in [3.05, 3.63) is 65.7 Å². The smallest absolute Gasteiger partial charge is 0.331 e. The lowest BCUT2D eigenvalue weighted by Crippen LogP contribution is -2.30. The van der Waals surface area contributed by atoms with Gasteiger partial charge in [-0.1, -0.05) is 24.3 Å². The first-order valence-corrected chi connectivity index (χ1v) is 8.27. The summed E-state index contributed by atoms with van der Waals surface area (Å²) in [6.07, 6.45) is 1.39. The predicted molar refractivity (Wildman–Crippen MR) is 97.2 cm³/mol. The Bertz CT molecular complexity index is 831. The van der Waals surface area contributed by atoms with Crippen molar-refractivity contribution in [1.29, 1.82) is 0 Å². The molecule has 2 aromatic carbocycles. The molecule has 0 unspecified atom stereocenters. The third kappa shape index (κ3) is 5.64. The van der Waals surface area contributed by atoms with E-state index in [0.717, 1.165) is 18.2 Å². The van der Waals surface area contributed by atoms with Gasteiger partial charge in [-0.2, -0.15) is 0 Å². The third-order valence-corrected chi connectivity index (χ3v) is 3.49. The van der Waals surface area contributed by atoms with Crippen LogP contribution in [0.5, 0.6) is 5.75 Å². The van der Waals surface area contributed by atoms with Crippen molar-refractivity contribution in [3.8, 4) is 5.75 Å². The molecular formula is C20H19F2NO4. The van der Waals surface area contributed by atoms with Gasteiger partial charge in [-0.25, -0.2) is 13.6 Å². The van der Waals surface area contributed by atoms with E-state index in [1.165, 1.54) is 19.1 Å². The molecule has 1 amide bonds. The summed E-state index contributed by atoms with van der Waals surface area (Å²) >= 11 is 0. The summed E-state index contributed by atoms with van der Waals surface area (Å²) in [6, 6.07) is 10.3. The maximum absolute atomic E-state index is 13.6. The Morgan fingerprint density at radius 3 is 2.44 bits per heavy atom. The number of rotatable bonds is 7. The van der Waals surface area contributed by atoms with Gasteiger partial charge in [-0.05, 0) is 38.1 Å². The molecule has 0 heterocycles. The van der Waals surface area contributed by atoms with Gasteiger partial charge in [0.2, 0.25) is 0 Å². The Hall–Kier alpha value is -3.22. The van der Waals surface area contributed by atoms with E-state index in [4.69, 9.17) is 9.47 Å². The maximum atomic E-state index is 13.6. The summed E-state index contributed by atoms with van der Waals surface area (Å²) in [7, 11) is 0. The van der Waals surface area contributed by atoms with Gasteiger partial charge in [0.25, 0.3) is 5.91 Å². The van der Waals surface area contributed by atoms with Crippen LogP contribution in [0.15, 0.2) is 48.5 Å². The Balaban J connectivity index is 1.98. The minimum Gasteiger partial charge on any atom is -0.493 e. The summed E-state index contributed by atoms with van der Waals surface area (Å²) < 4.78 is 37.5. The third-order valence-electron chi connectivity index (χ3n) is 3.49. The number of hydrogen-bond acceptors (Lipinski definition) is 4. The second-order valence-electron chi connectivity index (χ2n) is 5.47. The molecular weight excluding hydrogens is 356 g/mol. The Morgan fingerprint density at radius 1 is 1.11 bits per heavy atom. The van der Waals surface area contributed by atoms with Crippen molar-refractivity contribution in [2.24, 2.45) is 0 Å². The van der Waals surface area contributed by atoms with Gasteiger partial charge in [-0.15, -0.1) is 0 Å². The summed E-state index contributed by atoms with van der Waals surface area (Å²) in [5.41, 5.74) is 0.0772. The first kappa shape index (κ1) is 20.1. The molecule has 0 aliphatic carbocycles. The van der Waals surface area contributed by atoms with Crippen LogP contribution in [0.2, 0.25) is 0 Å². The van der Waals surface area contributed by atoms with Crippen molar-refractivity contribution in [2.45, 2.75) is 20.0 Å². The predicted octanol–water partition coefficient (Wildman–Crippen LogP) is 3.95. The Morgan fingerprint density at radius 2 is 1.78 bits per heavy atom. The molecule has 0 aliphatic heterocycles. The second-order valence-corrected chi connectivity index (χ2v) is 5.47. The summed E-state index contributed by atoms with van der Waals surface area (Å²) in [4.78, 5) is 23.9. The van der Waals surface area contributed by atoms with Crippen LogP contribution in [0.25, 0.3) is 6.08 Å². The minimum absolute atomic E-state index is 0.471. The summed E-state index contributed by atoms with van der Waals surface area (Å²) in [6.45, 7) is 3.61. The number of hydrogen-bond donors (Lipinski definition) is 1. The van der Waals surface area contributed by atoms with Crippen LogP contribution in [-0.4, -0.2) is 24.6 Å². The highest BCUT2D eigenvalue weighted by atomic mass is 19.1. The molecule has 142 valence electrons. The Kier molecular flexibility index (Phi) is 7.05. The summed E-state index contributed by atoms with van der Waals surface area (Å²) in [5, 5.41) is 2.07. The quantitative estimate of drug-likeness (QED) is 0.588. The first-order chi connectivity index (χ1) is 12.9. The first-order valence-electron chi connectivity index (χ1n) is 8.27. The number of anilines is 1. The van der Waals surface area contributed by atoms with Gasteiger partial charge in [0.1, 0.15) is 23.1 Å². The number of ether oxygens (including phenoxy) is 2. The highest BCUT2D eigenvalue weighted by Gasteiger charge is 2.20. The molecule has 2 aromatic rings. The van der Waals surface area contributed by atoms with Crippen LogP contribution in [0.1, 0.15) is 19.4 Å². The molecule has 0 bridgehead atoms. The number of benzene rings is 2. The lowest BCUT2D eigenvalue weighted by atomic mass is 10.2. The number of amides is 1. The van der Waals surface area contributed by atoms with Crippen LogP contribution in [0.4, 0.5) is 14.5 Å². The molecule has 0 spiro atoms. The normalized spacial score (nSPS) is 11.9. The molecule has 0 saturated carbocycles. The standard InChI is InChI=1S/C20H19F2NO4/c1-3-26-17-10-5-4-7-14(17)11-12-18(24)27-13(2)20(25)23-19-15(21)8-6-9-16(19)22/h4-13H,3H2,1-2H3,(H,23,25)/b12-11+/t13-/m0/s1.